The number of ether oxygens (including phenoxy) is 1. The minimum Gasteiger partial charge on any atom is -0.544 e. The van der Waals surface area contributed by atoms with Crippen LogP contribution in [0.5, 0.6) is 11.5 Å². The maximum absolute atomic E-state index is 11.4. The average molecular weight is 409 g/mol. The van der Waals surface area contributed by atoms with Crippen molar-refractivity contribution >= 4 is 17.5 Å². The number of aliphatic carboxylic acids is 2. The van der Waals surface area contributed by atoms with Gasteiger partial charge in [-0.25, -0.2) is 4.79 Å². The van der Waals surface area contributed by atoms with Gasteiger partial charge < -0.3 is 29.3 Å². The number of fused-ring (bicyclic) bond motifs is 1. The predicted octanol–water partition coefficient (Wildman–Crippen LogP) is 1.40. The van der Waals surface area contributed by atoms with Crippen molar-refractivity contribution in [1.29, 1.82) is 0 Å². The van der Waals surface area contributed by atoms with E-state index in [4.69, 9.17) is 4.74 Å². The monoisotopic (exact) mass is 409 g/mol. The Bertz CT molecular complexity index is 985. The highest BCUT2D eigenvalue weighted by Gasteiger charge is 2.46. The Labute approximate surface area is 174 Å². The number of carboxylic acids is 2. The number of phenols is 1. The van der Waals surface area contributed by atoms with Crippen molar-refractivity contribution in [3.63, 3.8) is 0 Å². The summed E-state index contributed by atoms with van der Waals surface area (Å²) in [5.74, 6) is -1.35. The maximum Gasteiger partial charge on any atom is 0.359 e. The number of carbonyl (C=O) groups excluding carboxylic acids is 1. The van der Waals surface area contributed by atoms with Gasteiger partial charge in [-0.1, -0.05) is 30.3 Å². The summed E-state index contributed by atoms with van der Waals surface area (Å²) >= 11 is 0. The van der Waals surface area contributed by atoms with Gasteiger partial charge in [-0.3, -0.25) is 0 Å². The lowest BCUT2D eigenvalue weighted by atomic mass is 9.82. The zero-order valence-corrected chi connectivity index (χ0v) is 16.4. The maximum atomic E-state index is 11.4. The number of rotatable bonds is 5. The lowest BCUT2D eigenvalue weighted by molar-refractivity contribution is -0.922. The molecule has 0 radical (unpaired) electrons. The number of carboxylic acid groups (broad SMARTS) is 2. The largest absolute Gasteiger partial charge is 0.544 e. The van der Waals surface area contributed by atoms with E-state index in [2.05, 4.69) is 6.08 Å². The van der Waals surface area contributed by atoms with E-state index in [1.165, 1.54) is 0 Å². The van der Waals surface area contributed by atoms with Crippen molar-refractivity contribution in [1.82, 2.24) is 0 Å². The summed E-state index contributed by atoms with van der Waals surface area (Å²) in [7, 11) is 0. The zero-order valence-electron chi connectivity index (χ0n) is 16.4. The van der Waals surface area contributed by atoms with E-state index in [0.717, 1.165) is 22.4 Å². The van der Waals surface area contributed by atoms with Gasteiger partial charge in [0.25, 0.3) is 0 Å². The number of para-hydroxylation sites is 1. The zero-order chi connectivity index (χ0) is 21.4. The van der Waals surface area contributed by atoms with Gasteiger partial charge in [0.2, 0.25) is 0 Å². The third kappa shape index (κ3) is 3.89. The molecule has 7 heteroatoms. The summed E-state index contributed by atoms with van der Waals surface area (Å²) in [5.41, 5.74) is 2.22. The molecule has 2 heterocycles. The topological polar surface area (TPSA) is 107 Å². The number of quaternary nitrogens is 1. The first kappa shape index (κ1) is 20.0. The summed E-state index contributed by atoms with van der Waals surface area (Å²) in [6.45, 7) is 0.145. The molecule has 2 N–H and O–H groups in total. The number of carbonyl (C=O) groups is 2. The molecule has 0 bridgehead atoms. The summed E-state index contributed by atoms with van der Waals surface area (Å²) in [4.78, 5) is 22.6. The van der Waals surface area contributed by atoms with Crippen molar-refractivity contribution < 1.29 is 34.1 Å². The molecule has 4 rings (SSSR count). The molecule has 2 aromatic rings. The molecule has 0 aliphatic carbocycles. The van der Waals surface area contributed by atoms with Crippen LogP contribution >= 0.6 is 0 Å². The van der Waals surface area contributed by atoms with Crippen LogP contribution in [0.25, 0.3) is 5.57 Å². The van der Waals surface area contributed by atoms with Crippen LogP contribution < -0.4 is 9.84 Å². The molecule has 1 fully saturated rings. The van der Waals surface area contributed by atoms with Crippen molar-refractivity contribution in [2.45, 2.75) is 18.4 Å². The van der Waals surface area contributed by atoms with E-state index in [1.54, 1.807) is 12.1 Å². The lowest BCUT2D eigenvalue weighted by Gasteiger charge is -2.48. The molecule has 0 saturated carbocycles. The van der Waals surface area contributed by atoms with Gasteiger partial charge in [-0.15, -0.1) is 0 Å². The molecule has 0 aromatic heterocycles. The molecule has 2 aliphatic rings. The van der Waals surface area contributed by atoms with Crippen LogP contribution in [0.3, 0.4) is 0 Å². The lowest BCUT2D eigenvalue weighted by Crippen LogP contribution is -2.63. The smallest absolute Gasteiger partial charge is 0.359 e. The third-order valence-corrected chi connectivity index (χ3v) is 6.03. The van der Waals surface area contributed by atoms with Crippen LogP contribution in [0.1, 0.15) is 24.0 Å². The number of hydrogen-bond acceptors (Lipinski definition) is 5. The Morgan fingerprint density at radius 3 is 2.33 bits per heavy atom. The van der Waals surface area contributed by atoms with E-state index in [-0.39, 0.29) is 23.3 Å². The Hall–Kier alpha value is -3.32. The highest BCUT2D eigenvalue weighted by atomic mass is 16.5. The van der Waals surface area contributed by atoms with E-state index in [9.17, 15) is 24.9 Å². The van der Waals surface area contributed by atoms with Crippen LogP contribution in [0, 0.1) is 0 Å². The van der Waals surface area contributed by atoms with Crippen LogP contribution in [0.2, 0.25) is 0 Å². The molecule has 7 nitrogen and oxygen atoms in total. The SMILES string of the molecule is O=C([O-])C[N+]1(CC(=O)O)CCC2(C=C(c3ccc(O)cc3)c3ccccc3O2)CC1. The number of likely N-dealkylation sites (tertiary alicyclic amines) is 1. The third-order valence-electron chi connectivity index (χ3n) is 6.03. The summed E-state index contributed by atoms with van der Waals surface area (Å²) < 4.78 is 6.34. The Morgan fingerprint density at radius 1 is 1.03 bits per heavy atom. The molecule has 0 atom stereocenters. The molecule has 30 heavy (non-hydrogen) atoms. The highest BCUT2D eigenvalue weighted by molar-refractivity contribution is 5.85. The molecule has 0 amide bonds. The van der Waals surface area contributed by atoms with Gasteiger partial charge in [-0.2, -0.15) is 0 Å². The predicted molar refractivity (Wildman–Crippen MR) is 107 cm³/mol. The molecule has 2 aliphatic heterocycles. The van der Waals surface area contributed by atoms with E-state index >= 15 is 0 Å². The van der Waals surface area contributed by atoms with Gasteiger partial charge in [0.05, 0.1) is 19.1 Å². The first-order valence-electron chi connectivity index (χ1n) is 9.87. The van der Waals surface area contributed by atoms with Crippen molar-refractivity contribution in [2.24, 2.45) is 0 Å². The normalized spacial score (nSPS) is 25.1. The number of benzene rings is 2. The molecular weight excluding hydrogens is 386 g/mol. The molecule has 1 spiro atoms. The Morgan fingerprint density at radius 2 is 1.70 bits per heavy atom. The minimum atomic E-state index is -1.25. The quantitative estimate of drug-likeness (QED) is 0.723. The van der Waals surface area contributed by atoms with Gasteiger partial charge in [-0.05, 0) is 35.4 Å². The first-order valence-corrected chi connectivity index (χ1v) is 9.87. The van der Waals surface area contributed by atoms with Gasteiger partial charge >= 0.3 is 5.97 Å². The number of hydrogen-bond donors (Lipinski definition) is 2. The van der Waals surface area contributed by atoms with Crippen molar-refractivity contribution in [3.05, 3.63) is 65.7 Å². The van der Waals surface area contributed by atoms with E-state index < -0.39 is 17.5 Å². The minimum absolute atomic E-state index is 0.0488. The van der Waals surface area contributed by atoms with Crippen molar-refractivity contribution in [2.75, 3.05) is 26.2 Å². The van der Waals surface area contributed by atoms with E-state index in [0.29, 0.717) is 25.9 Å². The van der Waals surface area contributed by atoms with Crippen molar-refractivity contribution in [3.8, 4) is 11.5 Å². The number of phenolic OH excluding ortho intramolecular Hbond substituents is 1. The highest BCUT2D eigenvalue weighted by Crippen LogP contribution is 2.44. The number of aromatic hydroxyl groups is 1. The first-order chi connectivity index (χ1) is 14.3. The fourth-order valence-corrected chi connectivity index (χ4v) is 4.52. The second-order valence-corrected chi connectivity index (χ2v) is 8.14. The summed E-state index contributed by atoms with van der Waals surface area (Å²) in [6, 6.07) is 14.7. The van der Waals surface area contributed by atoms with E-state index in [1.807, 2.05) is 36.4 Å². The van der Waals surface area contributed by atoms with Gasteiger partial charge in [0.15, 0.2) is 6.54 Å². The average Bonchev–Trinajstić information content (AvgIpc) is 2.70. The second kappa shape index (κ2) is 7.50. The van der Waals surface area contributed by atoms with Crippen LogP contribution in [-0.4, -0.2) is 58.4 Å². The van der Waals surface area contributed by atoms with Crippen LogP contribution in [0.15, 0.2) is 54.6 Å². The Balaban J connectivity index is 1.69. The number of nitrogens with zero attached hydrogens (tertiary/aromatic N) is 1. The molecule has 156 valence electrons. The fraction of sp³-hybridized carbons (Fsp3) is 0.304. The number of piperidine rings is 1. The Kier molecular flexibility index (Phi) is 4.99. The second-order valence-electron chi connectivity index (χ2n) is 8.14. The summed E-state index contributed by atoms with van der Waals surface area (Å²) in [5, 5.41) is 30.2. The standard InChI is InChI=1S/C23H23NO6/c25-17-7-5-16(6-8-17)19-13-23(30-20-4-2-1-3-18(19)20)9-11-24(12-10-23,14-21(26)27)15-22(28)29/h1-8,13H,9-12,14-15H2,(H2-,25,26,27,28,29). The van der Waals surface area contributed by atoms with Gasteiger partial charge in [0.1, 0.15) is 23.6 Å². The van der Waals surface area contributed by atoms with Crippen LogP contribution in [0.4, 0.5) is 0 Å². The van der Waals surface area contributed by atoms with Gasteiger partial charge in [0, 0.05) is 18.4 Å². The molecular formula is C23H23NO6. The molecule has 2 aromatic carbocycles. The summed E-state index contributed by atoms with van der Waals surface area (Å²) in [6.07, 6.45) is 3.04. The van der Waals surface area contributed by atoms with Crippen LogP contribution in [-0.2, 0) is 9.59 Å². The molecule has 0 unspecified atom stereocenters. The molecule has 1 saturated heterocycles. The fourth-order valence-electron chi connectivity index (χ4n) is 4.52.